The van der Waals surface area contributed by atoms with Gasteiger partial charge in [0, 0.05) is 12.0 Å². The second-order valence-electron chi connectivity index (χ2n) is 6.68. The van der Waals surface area contributed by atoms with Crippen LogP contribution >= 0.6 is 0 Å². The van der Waals surface area contributed by atoms with E-state index < -0.39 is 30.0 Å². The Balaban J connectivity index is 1.97. The van der Waals surface area contributed by atoms with Crippen LogP contribution < -0.4 is 5.46 Å². The molecule has 0 bridgehead atoms. The van der Waals surface area contributed by atoms with Crippen LogP contribution in [-0.4, -0.2) is 24.1 Å². The lowest BCUT2D eigenvalue weighted by Gasteiger charge is -2.32. The van der Waals surface area contributed by atoms with Crippen molar-refractivity contribution in [1.29, 1.82) is 0 Å². The second kappa shape index (κ2) is 4.14. The SMILES string of the molecule is CC1(C)OB(c2ccc3c(c2)C(F)(F)C(=O)C3)OC1(C)C. The molecule has 3 nitrogen and oxygen atoms in total. The van der Waals surface area contributed by atoms with E-state index in [1.54, 1.807) is 12.1 Å². The molecule has 0 atom stereocenters. The van der Waals surface area contributed by atoms with Crippen molar-refractivity contribution in [3.05, 3.63) is 29.3 Å². The van der Waals surface area contributed by atoms with Crippen LogP contribution in [0.3, 0.4) is 0 Å². The van der Waals surface area contributed by atoms with E-state index in [0.29, 0.717) is 11.0 Å². The molecule has 0 aromatic heterocycles. The van der Waals surface area contributed by atoms with E-state index in [2.05, 4.69) is 0 Å². The summed E-state index contributed by atoms with van der Waals surface area (Å²) in [5, 5.41) is 0. The number of Topliss-reactive ketones (excluding diaryl/α,β-unsaturated/α-hetero) is 1. The van der Waals surface area contributed by atoms with Crippen molar-refractivity contribution in [2.45, 2.75) is 51.2 Å². The number of hydrogen-bond donors (Lipinski definition) is 0. The molecule has 21 heavy (non-hydrogen) atoms. The highest BCUT2D eigenvalue weighted by Crippen LogP contribution is 2.40. The van der Waals surface area contributed by atoms with E-state index in [-0.39, 0.29) is 12.0 Å². The fourth-order valence-corrected chi connectivity index (χ4v) is 2.60. The van der Waals surface area contributed by atoms with Crippen LogP contribution in [0.1, 0.15) is 38.8 Å². The molecule has 0 spiro atoms. The van der Waals surface area contributed by atoms with Gasteiger partial charge in [-0.1, -0.05) is 18.2 Å². The molecule has 1 aromatic carbocycles. The first-order valence-electron chi connectivity index (χ1n) is 6.95. The molecule has 0 N–H and O–H groups in total. The van der Waals surface area contributed by atoms with E-state index in [1.807, 2.05) is 27.7 Å². The highest BCUT2D eigenvalue weighted by atomic mass is 19.3. The fourth-order valence-electron chi connectivity index (χ4n) is 2.60. The third-order valence-electron chi connectivity index (χ3n) is 4.70. The van der Waals surface area contributed by atoms with E-state index in [0.717, 1.165) is 0 Å². The quantitative estimate of drug-likeness (QED) is 0.745. The average molecular weight is 294 g/mol. The second-order valence-corrected chi connectivity index (χ2v) is 6.68. The standard InChI is InChI=1S/C15H17BF2O3/c1-13(2)14(3,4)21-16(20-13)10-6-5-9-7-12(19)15(17,18)11(9)8-10/h5-6,8H,7H2,1-4H3. The minimum atomic E-state index is -3.41. The number of rotatable bonds is 1. The molecule has 0 unspecified atom stereocenters. The van der Waals surface area contributed by atoms with Crippen LogP contribution in [-0.2, 0) is 26.4 Å². The summed E-state index contributed by atoms with van der Waals surface area (Å²) in [5.74, 6) is -4.46. The minimum Gasteiger partial charge on any atom is -0.399 e. The third-order valence-corrected chi connectivity index (χ3v) is 4.70. The van der Waals surface area contributed by atoms with Crippen LogP contribution in [0, 0.1) is 0 Å². The number of hydrogen-bond acceptors (Lipinski definition) is 3. The molecule has 1 aliphatic carbocycles. The smallest absolute Gasteiger partial charge is 0.399 e. The Morgan fingerprint density at radius 2 is 1.67 bits per heavy atom. The third kappa shape index (κ3) is 2.04. The number of carbonyl (C=O) groups is 1. The Bertz CT molecular complexity index is 609. The first-order valence-corrected chi connectivity index (χ1v) is 6.95. The van der Waals surface area contributed by atoms with Gasteiger partial charge < -0.3 is 9.31 Å². The molecule has 1 aliphatic heterocycles. The minimum absolute atomic E-state index is 0.216. The van der Waals surface area contributed by atoms with E-state index >= 15 is 0 Å². The first kappa shape index (κ1) is 14.7. The summed E-state index contributed by atoms with van der Waals surface area (Å²) in [7, 11) is -0.702. The normalized spacial score (nSPS) is 25.2. The van der Waals surface area contributed by atoms with Crippen molar-refractivity contribution >= 4 is 18.4 Å². The number of alkyl halides is 2. The van der Waals surface area contributed by atoms with Gasteiger partial charge in [-0.25, -0.2) is 0 Å². The van der Waals surface area contributed by atoms with E-state index in [1.165, 1.54) is 6.07 Å². The van der Waals surface area contributed by atoms with Gasteiger partial charge in [-0.05, 0) is 38.7 Å². The van der Waals surface area contributed by atoms with Gasteiger partial charge in [0.2, 0.25) is 5.78 Å². The Kier molecular flexibility index (Phi) is 2.89. The van der Waals surface area contributed by atoms with Crippen molar-refractivity contribution in [3.8, 4) is 0 Å². The average Bonchev–Trinajstić information content (AvgIpc) is 2.71. The van der Waals surface area contributed by atoms with Gasteiger partial charge >= 0.3 is 13.0 Å². The maximum Gasteiger partial charge on any atom is 0.494 e. The molecule has 6 heteroatoms. The van der Waals surface area contributed by atoms with Crippen LogP contribution in [0.2, 0.25) is 0 Å². The zero-order valence-corrected chi connectivity index (χ0v) is 12.5. The summed E-state index contributed by atoms with van der Waals surface area (Å²) in [6.45, 7) is 7.61. The Morgan fingerprint density at radius 3 is 2.24 bits per heavy atom. The summed E-state index contributed by atoms with van der Waals surface area (Å²) in [6, 6.07) is 4.59. The summed E-state index contributed by atoms with van der Waals surface area (Å²) in [5.41, 5.74) is -0.393. The van der Waals surface area contributed by atoms with Gasteiger partial charge in [0.05, 0.1) is 11.2 Å². The molecule has 2 aliphatic rings. The lowest BCUT2D eigenvalue weighted by Crippen LogP contribution is -2.41. The lowest BCUT2D eigenvalue weighted by atomic mass is 9.78. The molecule has 1 fully saturated rings. The van der Waals surface area contributed by atoms with Crippen molar-refractivity contribution in [2.24, 2.45) is 0 Å². The fraction of sp³-hybridized carbons (Fsp3) is 0.533. The molecule has 112 valence electrons. The Labute approximate surface area is 122 Å². The van der Waals surface area contributed by atoms with Crippen LogP contribution in [0.25, 0.3) is 0 Å². The molecular formula is C15H17BF2O3. The summed E-state index contributed by atoms with van der Waals surface area (Å²) >= 11 is 0. The van der Waals surface area contributed by atoms with Gasteiger partial charge in [-0.15, -0.1) is 0 Å². The molecular weight excluding hydrogens is 277 g/mol. The predicted octanol–water partition coefficient (Wildman–Crippen LogP) is 2.20. The van der Waals surface area contributed by atoms with E-state index in [4.69, 9.17) is 9.31 Å². The van der Waals surface area contributed by atoms with E-state index in [9.17, 15) is 13.6 Å². The number of fused-ring (bicyclic) bond motifs is 1. The van der Waals surface area contributed by atoms with Crippen molar-refractivity contribution in [3.63, 3.8) is 0 Å². The number of ketones is 1. The lowest BCUT2D eigenvalue weighted by molar-refractivity contribution is -0.141. The summed E-state index contributed by atoms with van der Waals surface area (Å²) < 4.78 is 39.4. The van der Waals surface area contributed by atoms with Gasteiger partial charge in [-0.3, -0.25) is 4.79 Å². The molecule has 0 radical (unpaired) electrons. The van der Waals surface area contributed by atoms with Gasteiger partial charge in [0.1, 0.15) is 0 Å². The summed E-state index contributed by atoms with van der Waals surface area (Å²) in [6.07, 6.45) is -0.216. The molecule has 0 saturated carbocycles. The zero-order chi connectivity index (χ0) is 15.6. The molecule has 1 aromatic rings. The summed E-state index contributed by atoms with van der Waals surface area (Å²) in [4.78, 5) is 11.4. The van der Waals surface area contributed by atoms with Gasteiger partial charge in [0.25, 0.3) is 0 Å². The molecule has 0 amide bonds. The topological polar surface area (TPSA) is 35.5 Å². The maximum atomic E-state index is 13.9. The zero-order valence-electron chi connectivity index (χ0n) is 12.5. The Morgan fingerprint density at radius 1 is 1.10 bits per heavy atom. The Hall–Kier alpha value is -1.27. The first-order chi connectivity index (χ1) is 9.54. The van der Waals surface area contributed by atoms with Gasteiger partial charge in [-0.2, -0.15) is 8.78 Å². The van der Waals surface area contributed by atoms with Crippen molar-refractivity contribution in [2.75, 3.05) is 0 Å². The number of carbonyl (C=O) groups excluding carboxylic acids is 1. The molecule has 1 heterocycles. The van der Waals surface area contributed by atoms with Crippen LogP contribution in [0.4, 0.5) is 8.78 Å². The highest BCUT2D eigenvalue weighted by Gasteiger charge is 2.53. The van der Waals surface area contributed by atoms with Crippen LogP contribution in [0.15, 0.2) is 18.2 Å². The highest BCUT2D eigenvalue weighted by molar-refractivity contribution is 6.62. The number of halogens is 2. The maximum absolute atomic E-state index is 13.9. The predicted molar refractivity (Wildman–Crippen MR) is 74.8 cm³/mol. The van der Waals surface area contributed by atoms with Crippen LogP contribution in [0.5, 0.6) is 0 Å². The number of benzene rings is 1. The van der Waals surface area contributed by atoms with Crippen molar-refractivity contribution < 1.29 is 22.9 Å². The monoisotopic (exact) mass is 294 g/mol. The van der Waals surface area contributed by atoms with Gasteiger partial charge in [0.15, 0.2) is 0 Å². The largest absolute Gasteiger partial charge is 0.494 e. The molecule has 1 saturated heterocycles. The molecule has 3 rings (SSSR count). The van der Waals surface area contributed by atoms with Crippen molar-refractivity contribution in [1.82, 2.24) is 0 Å².